The van der Waals surface area contributed by atoms with Gasteiger partial charge in [0.15, 0.2) is 0 Å². The van der Waals surface area contributed by atoms with E-state index in [-0.39, 0.29) is 0 Å². The molecular formula is C11H17NO2. The Kier molecular flexibility index (Phi) is 1.69. The van der Waals surface area contributed by atoms with Gasteiger partial charge in [0.05, 0.1) is 0 Å². The van der Waals surface area contributed by atoms with Gasteiger partial charge in [-0.2, -0.15) is 0 Å². The third kappa shape index (κ3) is 0.842. The van der Waals surface area contributed by atoms with Crippen molar-refractivity contribution in [2.75, 3.05) is 6.54 Å². The second-order valence-corrected chi connectivity index (χ2v) is 5.03. The van der Waals surface area contributed by atoms with Crippen LogP contribution in [0, 0.1) is 5.92 Å². The van der Waals surface area contributed by atoms with Crippen LogP contribution in [-0.4, -0.2) is 34.1 Å². The zero-order chi connectivity index (χ0) is 9.76. The molecule has 0 radical (unpaired) electrons. The van der Waals surface area contributed by atoms with Gasteiger partial charge in [-0.25, -0.2) is 0 Å². The van der Waals surface area contributed by atoms with Gasteiger partial charge in [-0.1, -0.05) is 6.42 Å². The van der Waals surface area contributed by atoms with Gasteiger partial charge in [0, 0.05) is 12.6 Å². The van der Waals surface area contributed by atoms with Gasteiger partial charge in [-0.3, -0.25) is 9.69 Å². The van der Waals surface area contributed by atoms with Crippen LogP contribution in [0.15, 0.2) is 0 Å². The molecule has 3 heteroatoms. The third-order valence-electron chi connectivity index (χ3n) is 4.66. The molecule has 0 aromatic heterocycles. The zero-order valence-corrected chi connectivity index (χ0v) is 8.41. The van der Waals surface area contributed by atoms with E-state index < -0.39 is 11.5 Å². The summed E-state index contributed by atoms with van der Waals surface area (Å²) in [5.41, 5.74) is -0.443. The number of rotatable bonds is 1. The van der Waals surface area contributed by atoms with Crippen molar-refractivity contribution in [3.63, 3.8) is 0 Å². The maximum Gasteiger partial charge on any atom is 0.324 e. The third-order valence-corrected chi connectivity index (χ3v) is 4.66. The molecule has 1 aliphatic carbocycles. The fourth-order valence-electron chi connectivity index (χ4n) is 3.89. The first-order chi connectivity index (χ1) is 6.75. The van der Waals surface area contributed by atoms with Gasteiger partial charge in [0.1, 0.15) is 5.54 Å². The number of hydrogen-bond donors (Lipinski definition) is 1. The molecular weight excluding hydrogens is 178 g/mol. The SMILES string of the molecule is O=C(O)C12CCCC1CCC1CCN12. The number of carboxylic acids is 1. The number of nitrogens with zero attached hydrogens (tertiary/aromatic N) is 1. The van der Waals surface area contributed by atoms with E-state index in [1.807, 2.05) is 0 Å². The van der Waals surface area contributed by atoms with Crippen LogP contribution in [0.1, 0.15) is 38.5 Å². The van der Waals surface area contributed by atoms with Crippen molar-refractivity contribution < 1.29 is 9.90 Å². The Labute approximate surface area is 84.1 Å². The Morgan fingerprint density at radius 2 is 2.14 bits per heavy atom. The first kappa shape index (κ1) is 8.72. The Hall–Kier alpha value is -0.570. The average molecular weight is 195 g/mol. The highest BCUT2D eigenvalue weighted by Gasteiger charge is 2.59. The van der Waals surface area contributed by atoms with Crippen LogP contribution < -0.4 is 0 Å². The average Bonchev–Trinajstić information content (AvgIpc) is 2.48. The van der Waals surface area contributed by atoms with Gasteiger partial charge >= 0.3 is 5.97 Å². The van der Waals surface area contributed by atoms with Crippen molar-refractivity contribution in [2.45, 2.75) is 50.1 Å². The summed E-state index contributed by atoms with van der Waals surface area (Å²) in [5.74, 6) is -0.110. The molecule has 0 aromatic rings. The van der Waals surface area contributed by atoms with E-state index in [0.29, 0.717) is 12.0 Å². The lowest BCUT2D eigenvalue weighted by molar-refractivity contribution is -0.169. The minimum atomic E-state index is -0.551. The second kappa shape index (κ2) is 2.72. The molecule has 3 atom stereocenters. The quantitative estimate of drug-likeness (QED) is 0.689. The summed E-state index contributed by atoms with van der Waals surface area (Å²) >= 11 is 0. The summed E-state index contributed by atoms with van der Waals surface area (Å²) in [7, 11) is 0. The molecule has 78 valence electrons. The summed E-state index contributed by atoms with van der Waals surface area (Å²) in [4.78, 5) is 13.8. The van der Waals surface area contributed by atoms with Crippen molar-refractivity contribution in [1.29, 1.82) is 0 Å². The Bertz CT molecular complexity index is 278. The van der Waals surface area contributed by atoms with Crippen molar-refractivity contribution in [1.82, 2.24) is 4.90 Å². The summed E-state index contributed by atoms with van der Waals surface area (Å²) in [5, 5.41) is 9.48. The summed E-state index contributed by atoms with van der Waals surface area (Å²) in [6.45, 7) is 1.02. The van der Waals surface area contributed by atoms with E-state index in [1.165, 1.54) is 12.8 Å². The molecule has 14 heavy (non-hydrogen) atoms. The lowest BCUT2D eigenvalue weighted by Crippen LogP contribution is -2.68. The summed E-state index contributed by atoms with van der Waals surface area (Å²) in [6, 6.07) is 0.598. The first-order valence-electron chi connectivity index (χ1n) is 5.75. The highest BCUT2D eigenvalue weighted by Crippen LogP contribution is 2.51. The van der Waals surface area contributed by atoms with Crippen LogP contribution in [0.2, 0.25) is 0 Å². The smallest absolute Gasteiger partial charge is 0.324 e. The molecule has 2 aliphatic heterocycles. The van der Waals surface area contributed by atoms with Crippen LogP contribution in [0.5, 0.6) is 0 Å². The van der Waals surface area contributed by atoms with Gasteiger partial charge in [0.2, 0.25) is 0 Å². The molecule has 3 nitrogen and oxygen atoms in total. The monoisotopic (exact) mass is 195 g/mol. The van der Waals surface area contributed by atoms with E-state index in [0.717, 1.165) is 32.2 Å². The van der Waals surface area contributed by atoms with Gasteiger partial charge in [-0.05, 0) is 38.0 Å². The van der Waals surface area contributed by atoms with E-state index in [2.05, 4.69) is 4.90 Å². The lowest BCUT2D eigenvalue weighted by Gasteiger charge is -2.56. The Morgan fingerprint density at radius 1 is 1.29 bits per heavy atom. The largest absolute Gasteiger partial charge is 0.480 e. The number of piperidine rings is 1. The molecule has 2 saturated heterocycles. The molecule has 3 unspecified atom stereocenters. The van der Waals surface area contributed by atoms with E-state index >= 15 is 0 Å². The predicted octanol–water partition coefficient (Wildman–Crippen LogP) is 1.48. The van der Waals surface area contributed by atoms with Crippen molar-refractivity contribution in [2.24, 2.45) is 5.92 Å². The topological polar surface area (TPSA) is 40.5 Å². The van der Waals surface area contributed by atoms with Crippen LogP contribution in [-0.2, 0) is 4.79 Å². The lowest BCUT2D eigenvalue weighted by atomic mass is 9.72. The van der Waals surface area contributed by atoms with Gasteiger partial charge in [0.25, 0.3) is 0 Å². The maximum absolute atomic E-state index is 11.5. The molecule has 3 fully saturated rings. The highest BCUT2D eigenvalue weighted by atomic mass is 16.4. The highest BCUT2D eigenvalue weighted by molar-refractivity contribution is 5.80. The molecule has 0 spiro atoms. The number of fused-ring (bicyclic) bond motifs is 3. The van der Waals surface area contributed by atoms with Crippen LogP contribution in [0.3, 0.4) is 0 Å². The predicted molar refractivity (Wildman–Crippen MR) is 52.1 cm³/mol. The normalized spacial score (nSPS) is 46.6. The Morgan fingerprint density at radius 3 is 2.79 bits per heavy atom. The first-order valence-corrected chi connectivity index (χ1v) is 5.75. The van der Waals surface area contributed by atoms with Crippen molar-refractivity contribution >= 4 is 5.97 Å². The molecule has 1 saturated carbocycles. The van der Waals surface area contributed by atoms with E-state index in [9.17, 15) is 9.90 Å². The van der Waals surface area contributed by atoms with Gasteiger partial charge in [-0.15, -0.1) is 0 Å². The van der Waals surface area contributed by atoms with E-state index in [1.54, 1.807) is 0 Å². The number of carboxylic acid groups (broad SMARTS) is 1. The van der Waals surface area contributed by atoms with Crippen LogP contribution >= 0.6 is 0 Å². The van der Waals surface area contributed by atoms with Crippen LogP contribution in [0.4, 0.5) is 0 Å². The van der Waals surface area contributed by atoms with Crippen molar-refractivity contribution in [3.05, 3.63) is 0 Å². The molecule has 0 amide bonds. The minimum Gasteiger partial charge on any atom is -0.480 e. The fourth-order valence-corrected chi connectivity index (χ4v) is 3.89. The summed E-state index contributed by atoms with van der Waals surface area (Å²) in [6.07, 6.45) is 6.74. The number of aliphatic carboxylic acids is 1. The molecule has 0 aromatic carbocycles. The number of hydrogen-bond acceptors (Lipinski definition) is 2. The van der Waals surface area contributed by atoms with E-state index in [4.69, 9.17) is 0 Å². The molecule has 1 N–H and O–H groups in total. The Balaban J connectivity index is 1.97. The maximum atomic E-state index is 11.5. The fraction of sp³-hybridized carbons (Fsp3) is 0.909. The summed E-state index contributed by atoms with van der Waals surface area (Å²) < 4.78 is 0. The van der Waals surface area contributed by atoms with Gasteiger partial charge < -0.3 is 5.11 Å². The van der Waals surface area contributed by atoms with Crippen molar-refractivity contribution in [3.8, 4) is 0 Å². The molecule has 3 rings (SSSR count). The molecule has 3 aliphatic rings. The standard InChI is InChI=1S/C11H17NO2/c13-10(14)11-6-1-2-8(11)3-4-9-5-7-12(9)11/h8-9H,1-7H2,(H,13,14). The zero-order valence-electron chi connectivity index (χ0n) is 8.41. The molecule has 0 bridgehead atoms. The number of carbonyl (C=O) groups is 1. The molecule has 2 heterocycles. The minimum absolute atomic E-state index is 0.441. The second-order valence-electron chi connectivity index (χ2n) is 5.03. The van der Waals surface area contributed by atoms with Crippen LogP contribution in [0.25, 0.3) is 0 Å².